The number of aryl methyl sites for hydroxylation is 1. The molecule has 0 aromatic heterocycles. The molecule has 1 unspecified atom stereocenters. The van der Waals surface area contributed by atoms with E-state index in [-0.39, 0.29) is 12.8 Å². The summed E-state index contributed by atoms with van der Waals surface area (Å²) in [6, 6.07) is 9.24. The van der Waals surface area contributed by atoms with Gasteiger partial charge in [-0.2, -0.15) is 8.78 Å². The third-order valence-electron chi connectivity index (χ3n) is 2.91. The minimum absolute atomic E-state index is 0.159. The Bertz CT molecular complexity index is 363. The molecule has 94 valence electrons. The zero-order valence-corrected chi connectivity index (χ0v) is 9.70. The van der Waals surface area contributed by atoms with Crippen LogP contribution in [0.4, 0.5) is 8.78 Å². The molecule has 0 bridgehead atoms. The predicted molar refractivity (Wildman–Crippen MR) is 61.1 cm³/mol. The number of carboxylic acid groups (broad SMARTS) is 1. The van der Waals surface area contributed by atoms with Crippen LogP contribution in [-0.2, 0) is 11.2 Å². The van der Waals surface area contributed by atoms with Gasteiger partial charge in [0.15, 0.2) is 0 Å². The number of hydrogen-bond donors (Lipinski definition) is 1. The lowest BCUT2D eigenvalue weighted by Gasteiger charge is -2.21. The molecule has 1 rings (SSSR count). The van der Waals surface area contributed by atoms with Gasteiger partial charge in [-0.15, -0.1) is 0 Å². The maximum atomic E-state index is 13.3. The van der Waals surface area contributed by atoms with Crippen LogP contribution in [-0.4, -0.2) is 17.0 Å². The molecular formula is C13H16F2O2. The van der Waals surface area contributed by atoms with Gasteiger partial charge in [-0.1, -0.05) is 37.3 Å². The highest BCUT2D eigenvalue weighted by atomic mass is 19.3. The molecule has 1 aromatic carbocycles. The molecule has 0 aliphatic rings. The summed E-state index contributed by atoms with van der Waals surface area (Å²) in [5.74, 6) is -6.78. The average molecular weight is 242 g/mol. The van der Waals surface area contributed by atoms with E-state index < -0.39 is 17.8 Å². The van der Waals surface area contributed by atoms with Gasteiger partial charge < -0.3 is 5.11 Å². The van der Waals surface area contributed by atoms with Gasteiger partial charge in [0.05, 0.1) is 0 Å². The molecule has 0 heterocycles. The predicted octanol–water partition coefficient (Wildman–Crippen LogP) is 3.37. The van der Waals surface area contributed by atoms with Gasteiger partial charge in [0.25, 0.3) is 0 Å². The Morgan fingerprint density at radius 3 is 2.41 bits per heavy atom. The molecule has 4 heteroatoms. The third-order valence-corrected chi connectivity index (χ3v) is 2.91. The van der Waals surface area contributed by atoms with Crippen molar-refractivity contribution in [3.63, 3.8) is 0 Å². The number of benzene rings is 1. The normalized spacial score (nSPS) is 13.4. The summed E-state index contributed by atoms with van der Waals surface area (Å²) >= 11 is 0. The van der Waals surface area contributed by atoms with Crippen LogP contribution >= 0.6 is 0 Å². The number of halogens is 2. The van der Waals surface area contributed by atoms with Crippen LogP contribution in [0.5, 0.6) is 0 Å². The smallest absolute Gasteiger partial charge is 0.374 e. The van der Waals surface area contributed by atoms with E-state index >= 15 is 0 Å². The van der Waals surface area contributed by atoms with E-state index in [0.717, 1.165) is 5.56 Å². The van der Waals surface area contributed by atoms with Crippen molar-refractivity contribution in [2.45, 2.75) is 32.1 Å². The summed E-state index contributed by atoms with van der Waals surface area (Å²) in [7, 11) is 0. The second kappa shape index (κ2) is 5.75. The van der Waals surface area contributed by atoms with Gasteiger partial charge in [0.2, 0.25) is 0 Å². The molecular weight excluding hydrogens is 226 g/mol. The SMILES string of the molecule is CCC(CCc1ccccc1)C(F)(F)C(=O)O. The van der Waals surface area contributed by atoms with Crippen molar-refractivity contribution in [1.29, 1.82) is 0 Å². The Labute approximate surface area is 99.3 Å². The number of carbonyl (C=O) groups is 1. The maximum Gasteiger partial charge on any atom is 0.374 e. The molecule has 0 amide bonds. The fourth-order valence-electron chi connectivity index (χ4n) is 1.80. The second-order valence-electron chi connectivity index (χ2n) is 4.06. The van der Waals surface area contributed by atoms with Crippen LogP contribution in [0.15, 0.2) is 30.3 Å². The highest BCUT2D eigenvalue weighted by Crippen LogP contribution is 2.31. The topological polar surface area (TPSA) is 37.3 Å². The van der Waals surface area contributed by atoms with Crippen LogP contribution in [0.25, 0.3) is 0 Å². The fourth-order valence-corrected chi connectivity index (χ4v) is 1.80. The van der Waals surface area contributed by atoms with Crippen molar-refractivity contribution < 1.29 is 18.7 Å². The van der Waals surface area contributed by atoms with Gasteiger partial charge in [0, 0.05) is 5.92 Å². The molecule has 0 radical (unpaired) electrons. The van der Waals surface area contributed by atoms with E-state index in [0.29, 0.717) is 6.42 Å². The first-order valence-corrected chi connectivity index (χ1v) is 5.63. The van der Waals surface area contributed by atoms with E-state index in [9.17, 15) is 13.6 Å². The quantitative estimate of drug-likeness (QED) is 0.830. The van der Waals surface area contributed by atoms with Gasteiger partial charge in [0.1, 0.15) is 0 Å². The standard InChI is InChI=1S/C13H16F2O2/c1-2-11(13(14,15)12(16)17)9-8-10-6-4-3-5-7-10/h3-7,11H,2,8-9H2,1H3,(H,16,17). The van der Waals surface area contributed by atoms with Crippen molar-refractivity contribution in [2.24, 2.45) is 5.92 Å². The van der Waals surface area contributed by atoms with Crippen molar-refractivity contribution in [3.05, 3.63) is 35.9 Å². The van der Waals surface area contributed by atoms with Crippen LogP contribution in [0.2, 0.25) is 0 Å². The van der Waals surface area contributed by atoms with Crippen LogP contribution in [0, 0.1) is 5.92 Å². The lowest BCUT2D eigenvalue weighted by atomic mass is 9.91. The molecule has 0 saturated carbocycles. The summed E-state index contributed by atoms with van der Waals surface area (Å²) in [5.41, 5.74) is 0.951. The zero-order valence-electron chi connectivity index (χ0n) is 9.70. The van der Waals surface area contributed by atoms with E-state index in [1.807, 2.05) is 30.3 Å². The third kappa shape index (κ3) is 3.51. The average Bonchev–Trinajstić information content (AvgIpc) is 2.30. The molecule has 2 nitrogen and oxygen atoms in total. The monoisotopic (exact) mass is 242 g/mol. The number of aliphatic carboxylic acids is 1. The number of hydrogen-bond acceptors (Lipinski definition) is 1. The van der Waals surface area contributed by atoms with Crippen LogP contribution in [0.3, 0.4) is 0 Å². The molecule has 1 N–H and O–H groups in total. The largest absolute Gasteiger partial charge is 0.477 e. The summed E-state index contributed by atoms with van der Waals surface area (Å²) in [5, 5.41) is 8.49. The molecule has 0 fully saturated rings. The Hall–Kier alpha value is -1.45. The molecule has 1 aromatic rings. The Balaban J connectivity index is 2.63. The van der Waals surface area contributed by atoms with E-state index in [1.165, 1.54) is 0 Å². The van der Waals surface area contributed by atoms with Crippen molar-refractivity contribution >= 4 is 5.97 Å². The molecule has 0 aliphatic carbocycles. The van der Waals surface area contributed by atoms with E-state index in [1.54, 1.807) is 6.92 Å². The van der Waals surface area contributed by atoms with Crippen molar-refractivity contribution in [3.8, 4) is 0 Å². The van der Waals surface area contributed by atoms with Crippen molar-refractivity contribution in [2.75, 3.05) is 0 Å². The zero-order chi connectivity index (χ0) is 12.9. The second-order valence-corrected chi connectivity index (χ2v) is 4.06. The van der Waals surface area contributed by atoms with Crippen LogP contribution < -0.4 is 0 Å². The van der Waals surface area contributed by atoms with Crippen LogP contribution in [0.1, 0.15) is 25.3 Å². The number of rotatable bonds is 6. The molecule has 0 aliphatic heterocycles. The summed E-state index contributed by atoms with van der Waals surface area (Å²) < 4.78 is 26.6. The fraction of sp³-hybridized carbons (Fsp3) is 0.462. The lowest BCUT2D eigenvalue weighted by Crippen LogP contribution is -2.37. The molecule has 0 saturated heterocycles. The molecule has 17 heavy (non-hydrogen) atoms. The number of alkyl halides is 2. The first-order valence-electron chi connectivity index (χ1n) is 5.63. The molecule has 0 spiro atoms. The molecule has 1 atom stereocenters. The number of carboxylic acids is 1. The van der Waals surface area contributed by atoms with Crippen molar-refractivity contribution in [1.82, 2.24) is 0 Å². The maximum absolute atomic E-state index is 13.3. The summed E-state index contributed by atoms with van der Waals surface area (Å²) in [6.45, 7) is 1.59. The van der Waals surface area contributed by atoms with Gasteiger partial charge in [-0.3, -0.25) is 0 Å². The Morgan fingerprint density at radius 1 is 1.35 bits per heavy atom. The first-order chi connectivity index (χ1) is 7.98. The first kappa shape index (κ1) is 13.6. The van der Waals surface area contributed by atoms with E-state index in [4.69, 9.17) is 5.11 Å². The van der Waals surface area contributed by atoms with Gasteiger partial charge in [-0.25, -0.2) is 4.79 Å². The Morgan fingerprint density at radius 2 is 1.94 bits per heavy atom. The van der Waals surface area contributed by atoms with E-state index in [2.05, 4.69) is 0 Å². The lowest BCUT2D eigenvalue weighted by molar-refractivity contribution is -0.174. The van der Waals surface area contributed by atoms with Gasteiger partial charge >= 0.3 is 11.9 Å². The summed E-state index contributed by atoms with van der Waals surface area (Å²) in [4.78, 5) is 10.5. The highest BCUT2D eigenvalue weighted by molar-refractivity contribution is 5.75. The summed E-state index contributed by atoms with van der Waals surface area (Å²) in [6.07, 6.45) is 0.814. The minimum atomic E-state index is -3.64. The Kier molecular flexibility index (Phi) is 4.61. The minimum Gasteiger partial charge on any atom is -0.477 e. The van der Waals surface area contributed by atoms with Gasteiger partial charge in [-0.05, 0) is 24.8 Å². The highest BCUT2D eigenvalue weighted by Gasteiger charge is 2.45.